The van der Waals surface area contributed by atoms with E-state index in [0.717, 1.165) is 34.8 Å². The van der Waals surface area contributed by atoms with Gasteiger partial charge in [0.15, 0.2) is 17.3 Å². The Morgan fingerprint density at radius 2 is 2.09 bits per heavy atom. The van der Waals surface area contributed by atoms with Crippen LogP contribution in [0.5, 0.6) is 5.75 Å². The van der Waals surface area contributed by atoms with Gasteiger partial charge in [-0.25, -0.2) is 14.1 Å². The second-order valence-corrected chi connectivity index (χ2v) is 8.48. The molecule has 2 bridgehead atoms. The highest BCUT2D eigenvalue weighted by atomic mass is 19.1. The number of rotatable bonds is 0. The Morgan fingerprint density at radius 3 is 2.91 bits per heavy atom. The van der Waals surface area contributed by atoms with Crippen LogP contribution in [-0.2, 0) is 6.54 Å². The third kappa shape index (κ3) is 2.84. The lowest BCUT2D eigenvalue weighted by molar-refractivity contribution is 0.226. The summed E-state index contributed by atoms with van der Waals surface area (Å²) in [5, 5.41) is 19.2. The van der Waals surface area contributed by atoms with Crippen molar-refractivity contribution in [3.63, 3.8) is 0 Å². The molecule has 3 aromatic heterocycles. The van der Waals surface area contributed by atoms with E-state index in [-0.39, 0.29) is 17.6 Å². The van der Waals surface area contributed by atoms with Crippen molar-refractivity contribution in [2.45, 2.75) is 38.8 Å². The molecule has 6 rings (SSSR count). The van der Waals surface area contributed by atoms with Gasteiger partial charge in [0, 0.05) is 35.3 Å². The highest BCUT2D eigenvalue weighted by Gasteiger charge is 2.35. The first-order valence-corrected chi connectivity index (χ1v) is 10.7. The molecule has 4 aromatic rings. The smallest absolute Gasteiger partial charge is 0.170 e. The summed E-state index contributed by atoms with van der Waals surface area (Å²) in [6.45, 7) is 4.45. The first-order chi connectivity index (χ1) is 15.9. The van der Waals surface area contributed by atoms with Gasteiger partial charge in [-0.1, -0.05) is 0 Å². The van der Waals surface area contributed by atoms with Crippen molar-refractivity contribution in [2.24, 2.45) is 0 Å². The van der Waals surface area contributed by atoms with Gasteiger partial charge in [0.25, 0.3) is 0 Å². The van der Waals surface area contributed by atoms with Crippen molar-refractivity contribution in [3.8, 4) is 28.6 Å². The lowest BCUT2D eigenvalue weighted by atomic mass is 9.92. The zero-order chi connectivity index (χ0) is 22.9. The largest absolute Gasteiger partial charge is 0.482 e. The second-order valence-electron chi connectivity index (χ2n) is 8.48. The van der Waals surface area contributed by atoms with Crippen LogP contribution in [0.3, 0.4) is 0 Å². The number of anilines is 1. The number of nitrogens with zero attached hydrogens (tertiary/aromatic N) is 6. The number of hydrogen-bond donors (Lipinski definition) is 1. The van der Waals surface area contributed by atoms with Crippen LogP contribution in [0.1, 0.15) is 53.7 Å². The van der Waals surface area contributed by atoms with Gasteiger partial charge in [-0.2, -0.15) is 15.5 Å². The molecule has 0 amide bonds. The van der Waals surface area contributed by atoms with Crippen molar-refractivity contribution >= 4 is 5.82 Å². The Balaban J connectivity index is 1.71. The number of fused-ring (bicyclic) bond motifs is 7. The minimum atomic E-state index is -0.534. The van der Waals surface area contributed by atoms with Crippen LogP contribution in [0.2, 0.25) is 0 Å². The van der Waals surface area contributed by atoms with Crippen molar-refractivity contribution < 1.29 is 9.13 Å². The lowest BCUT2D eigenvalue weighted by Crippen LogP contribution is -2.15. The van der Waals surface area contributed by atoms with Gasteiger partial charge in [0.2, 0.25) is 0 Å². The fraction of sp³-hybridized carbons (Fsp3) is 0.250. The van der Waals surface area contributed by atoms with Crippen LogP contribution < -0.4 is 10.5 Å². The fourth-order valence-electron chi connectivity index (χ4n) is 4.98. The van der Waals surface area contributed by atoms with E-state index in [4.69, 9.17) is 15.6 Å². The normalized spacial score (nSPS) is 18.2. The summed E-state index contributed by atoms with van der Waals surface area (Å²) in [5.41, 5.74) is 12.0. The zero-order valence-electron chi connectivity index (χ0n) is 18.1. The molecule has 164 valence electrons. The number of nitriles is 1. The molecule has 0 aliphatic carbocycles. The van der Waals surface area contributed by atoms with Crippen LogP contribution >= 0.6 is 0 Å². The number of ether oxygens (including phenoxy) is 1. The first-order valence-electron chi connectivity index (χ1n) is 10.7. The zero-order valence-corrected chi connectivity index (χ0v) is 18.1. The summed E-state index contributed by atoms with van der Waals surface area (Å²) in [5.74, 6) is 0.174. The summed E-state index contributed by atoms with van der Waals surface area (Å²) in [4.78, 5) is 4.33. The summed E-state index contributed by atoms with van der Waals surface area (Å²) < 4.78 is 24.3. The summed E-state index contributed by atoms with van der Waals surface area (Å²) >= 11 is 0. The molecule has 2 atom stereocenters. The third-order valence-electron chi connectivity index (χ3n) is 6.40. The number of halogens is 1. The quantitative estimate of drug-likeness (QED) is 0.442. The highest BCUT2D eigenvalue weighted by molar-refractivity contribution is 5.75. The Kier molecular flexibility index (Phi) is 4.08. The Labute approximate surface area is 189 Å². The molecule has 33 heavy (non-hydrogen) atoms. The molecule has 0 spiro atoms. The van der Waals surface area contributed by atoms with E-state index < -0.39 is 6.10 Å². The van der Waals surface area contributed by atoms with Gasteiger partial charge in [-0.15, -0.1) is 0 Å². The topological polar surface area (TPSA) is 108 Å². The van der Waals surface area contributed by atoms with E-state index in [1.54, 1.807) is 18.3 Å². The van der Waals surface area contributed by atoms with E-state index in [1.165, 1.54) is 12.1 Å². The fourth-order valence-corrected chi connectivity index (χ4v) is 4.98. The molecule has 2 aliphatic heterocycles. The van der Waals surface area contributed by atoms with Gasteiger partial charge in [-0.3, -0.25) is 4.68 Å². The molecular weight excluding hydrogens is 421 g/mol. The van der Waals surface area contributed by atoms with E-state index in [9.17, 15) is 9.65 Å². The minimum absolute atomic E-state index is 0.0506. The molecular formula is C24H20FN7O. The van der Waals surface area contributed by atoms with E-state index >= 15 is 0 Å². The first kappa shape index (κ1) is 19.5. The lowest BCUT2D eigenvalue weighted by Gasteiger charge is -2.23. The maximum absolute atomic E-state index is 14.3. The summed E-state index contributed by atoms with van der Waals surface area (Å²) in [7, 11) is 0. The number of benzene rings is 1. The average molecular weight is 441 g/mol. The predicted octanol–water partition coefficient (Wildman–Crippen LogP) is 4.02. The molecule has 1 unspecified atom stereocenters. The maximum Gasteiger partial charge on any atom is 0.170 e. The molecule has 0 saturated carbocycles. The SMILES string of the molecule is Cc1cc2n(n1)-c1ccc(F)cc1[C@@H](C)Oc1cc(cnc1N)-c1c(C#N)nn3c1C2CC3. The highest BCUT2D eigenvalue weighted by Crippen LogP contribution is 2.44. The molecule has 0 fully saturated rings. The Morgan fingerprint density at radius 1 is 1.24 bits per heavy atom. The van der Waals surface area contributed by atoms with Gasteiger partial charge < -0.3 is 10.5 Å². The molecule has 0 radical (unpaired) electrons. The summed E-state index contributed by atoms with van der Waals surface area (Å²) in [6, 6.07) is 10.7. The number of hydrogen-bond acceptors (Lipinski definition) is 6. The Bertz CT molecular complexity index is 1480. The number of aromatic nitrogens is 5. The summed E-state index contributed by atoms with van der Waals surface area (Å²) in [6.07, 6.45) is 1.92. The van der Waals surface area contributed by atoms with Crippen LogP contribution in [0.4, 0.5) is 10.2 Å². The van der Waals surface area contributed by atoms with Crippen molar-refractivity contribution in [1.82, 2.24) is 24.5 Å². The molecule has 2 aliphatic rings. The number of nitrogen functional groups attached to an aromatic ring is 1. The maximum atomic E-state index is 14.3. The van der Waals surface area contributed by atoms with Crippen LogP contribution in [0, 0.1) is 24.1 Å². The molecule has 9 heteroatoms. The van der Waals surface area contributed by atoms with Gasteiger partial charge >= 0.3 is 0 Å². The van der Waals surface area contributed by atoms with E-state index in [2.05, 4.69) is 16.2 Å². The predicted molar refractivity (Wildman–Crippen MR) is 118 cm³/mol. The molecule has 1 aromatic carbocycles. The van der Waals surface area contributed by atoms with E-state index in [1.807, 2.05) is 29.3 Å². The van der Waals surface area contributed by atoms with Crippen LogP contribution in [0.15, 0.2) is 36.5 Å². The number of pyridine rings is 1. The molecule has 5 heterocycles. The van der Waals surface area contributed by atoms with Gasteiger partial charge in [-0.05, 0) is 50.6 Å². The third-order valence-corrected chi connectivity index (χ3v) is 6.40. The van der Waals surface area contributed by atoms with Crippen LogP contribution in [-0.4, -0.2) is 24.5 Å². The molecule has 8 nitrogen and oxygen atoms in total. The van der Waals surface area contributed by atoms with Crippen molar-refractivity contribution in [2.75, 3.05) is 5.73 Å². The standard InChI is InChI=1S/C24H20FN7O/c1-12-7-20-16-5-6-31-23(16)22(18(10-26)30-31)14-8-21(24(27)28-11-14)33-13(2)17-9-15(25)3-4-19(17)32(20)29-12/h3-4,7-9,11,13,16H,5-6H2,1-2H3,(H2,27,28)/t13-,16?/m1/s1. The van der Waals surface area contributed by atoms with E-state index in [0.29, 0.717) is 29.1 Å². The number of nitrogens with two attached hydrogens (primary N) is 1. The minimum Gasteiger partial charge on any atom is -0.482 e. The number of aryl methyl sites for hydroxylation is 2. The molecule has 0 saturated heterocycles. The monoisotopic (exact) mass is 441 g/mol. The Hall–Kier alpha value is -4.19. The molecule has 2 N–H and O–H groups in total. The van der Waals surface area contributed by atoms with Crippen molar-refractivity contribution in [1.29, 1.82) is 5.26 Å². The van der Waals surface area contributed by atoms with Gasteiger partial charge in [0.1, 0.15) is 18.0 Å². The van der Waals surface area contributed by atoms with Crippen LogP contribution in [0.25, 0.3) is 16.8 Å². The second kappa shape index (κ2) is 6.90. The van der Waals surface area contributed by atoms with Crippen molar-refractivity contribution in [3.05, 3.63) is 70.7 Å². The average Bonchev–Trinajstić information content (AvgIpc) is 3.47. The van der Waals surface area contributed by atoms with Gasteiger partial charge in [0.05, 0.1) is 22.8 Å².